The number of hydrogen-bond donors (Lipinski definition) is 1. The van der Waals surface area contributed by atoms with Gasteiger partial charge in [0.25, 0.3) is 0 Å². The number of carbonyl (C=O) groups excluding carboxylic acids is 1. The van der Waals surface area contributed by atoms with Crippen molar-refractivity contribution < 1.29 is 9.53 Å². The van der Waals surface area contributed by atoms with Gasteiger partial charge in [-0.2, -0.15) is 0 Å². The fraction of sp³-hybridized carbons (Fsp3) is 0.923. The number of nitrogens with one attached hydrogen (secondary N) is 1. The molecule has 0 aromatic rings. The molecule has 0 aromatic heterocycles. The van der Waals surface area contributed by atoms with E-state index in [4.69, 9.17) is 4.74 Å². The maximum Gasteiger partial charge on any atom is 0.309 e. The van der Waals surface area contributed by atoms with E-state index in [0.717, 1.165) is 32.4 Å². The van der Waals surface area contributed by atoms with Gasteiger partial charge in [0.05, 0.1) is 12.5 Å². The molecule has 1 saturated heterocycles. The van der Waals surface area contributed by atoms with Gasteiger partial charge in [-0.3, -0.25) is 4.79 Å². The number of piperidine rings is 1. The lowest BCUT2D eigenvalue weighted by Crippen LogP contribution is -2.37. The monoisotopic (exact) mass is 227 g/mol. The lowest BCUT2D eigenvalue weighted by molar-refractivity contribution is -0.150. The Labute approximate surface area is 98.9 Å². The number of hydrogen-bond acceptors (Lipinski definition) is 3. The summed E-state index contributed by atoms with van der Waals surface area (Å²) in [6, 6.07) is 0. The van der Waals surface area contributed by atoms with E-state index in [1.54, 1.807) is 0 Å². The van der Waals surface area contributed by atoms with Crippen LogP contribution in [-0.4, -0.2) is 25.7 Å². The first-order valence-corrected chi connectivity index (χ1v) is 6.66. The summed E-state index contributed by atoms with van der Waals surface area (Å²) in [6.07, 6.45) is 5.62. The van der Waals surface area contributed by atoms with Gasteiger partial charge in [0.2, 0.25) is 0 Å². The third-order valence-corrected chi connectivity index (χ3v) is 3.36. The molecule has 0 spiro atoms. The standard InChI is InChI=1S/C13H25NO2/c1-3-5-8-12(13(15)16-4-2)11-7-6-9-14-10-11/h11-12,14H,3-10H2,1-2H3. The van der Waals surface area contributed by atoms with Crippen molar-refractivity contribution in [3.63, 3.8) is 0 Å². The molecular weight excluding hydrogens is 202 g/mol. The maximum absolute atomic E-state index is 11.9. The molecule has 94 valence electrons. The van der Waals surface area contributed by atoms with Gasteiger partial charge >= 0.3 is 5.97 Å². The molecule has 1 fully saturated rings. The molecule has 2 atom stereocenters. The van der Waals surface area contributed by atoms with Gasteiger partial charge in [-0.15, -0.1) is 0 Å². The van der Waals surface area contributed by atoms with Crippen LogP contribution < -0.4 is 5.32 Å². The van der Waals surface area contributed by atoms with E-state index in [-0.39, 0.29) is 11.9 Å². The van der Waals surface area contributed by atoms with Crippen LogP contribution in [0.1, 0.15) is 46.0 Å². The Bertz CT molecular complexity index is 200. The number of ether oxygens (including phenoxy) is 1. The van der Waals surface area contributed by atoms with E-state index >= 15 is 0 Å². The van der Waals surface area contributed by atoms with Crippen LogP contribution in [0.4, 0.5) is 0 Å². The zero-order valence-electron chi connectivity index (χ0n) is 10.6. The normalized spacial score (nSPS) is 22.8. The SMILES string of the molecule is CCCCC(C(=O)OCC)C1CCCNC1. The summed E-state index contributed by atoms with van der Waals surface area (Å²) in [5.41, 5.74) is 0. The average molecular weight is 227 g/mol. The van der Waals surface area contributed by atoms with E-state index in [1.807, 2.05) is 6.92 Å². The molecular formula is C13H25NO2. The minimum atomic E-state index is 0.0182. The molecule has 0 aromatic carbocycles. The third kappa shape index (κ3) is 4.12. The smallest absolute Gasteiger partial charge is 0.309 e. The Balaban J connectivity index is 2.50. The molecule has 1 aliphatic rings. The van der Waals surface area contributed by atoms with E-state index < -0.39 is 0 Å². The van der Waals surface area contributed by atoms with Gasteiger partial charge in [0.15, 0.2) is 0 Å². The van der Waals surface area contributed by atoms with Crippen molar-refractivity contribution in [1.29, 1.82) is 0 Å². The topological polar surface area (TPSA) is 38.3 Å². The Morgan fingerprint density at radius 1 is 1.50 bits per heavy atom. The molecule has 0 amide bonds. The van der Waals surface area contributed by atoms with Gasteiger partial charge < -0.3 is 10.1 Å². The molecule has 1 N–H and O–H groups in total. The number of carbonyl (C=O) groups is 1. The summed E-state index contributed by atoms with van der Waals surface area (Å²) >= 11 is 0. The number of rotatable bonds is 6. The van der Waals surface area contributed by atoms with Gasteiger partial charge in [-0.25, -0.2) is 0 Å². The Morgan fingerprint density at radius 2 is 2.31 bits per heavy atom. The van der Waals surface area contributed by atoms with Crippen LogP contribution in [0.15, 0.2) is 0 Å². The van der Waals surface area contributed by atoms with E-state index in [1.165, 1.54) is 12.8 Å². The predicted octanol–water partition coefficient (Wildman–Crippen LogP) is 2.36. The van der Waals surface area contributed by atoms with Crippen molar-refractivity contribution in [2.75, 3.05) is 19.7 Å². The fourth-order valence-corrected chi connectivity index (χ4v) is 2.44. The largest absolute Gasteiger partial charge is 0.466 e. The van der Waals surface area contributed by atoms with E-state index in [9.17, 15) is 4.79 Å². The highest BCUT2D eigenvalue weighted by Gasteiger charge is 2.29. The number of unbranched alkanes of at least 4 members (excludes halogenated alkanes) is 1. The average Bonchev–Trinajstić information content (AvgIpc) is 2.31. The zero-order chi connectivity index (χ0) is 11.8. The molecule has 0 radical (unpaired) electrons. The van der Waals surface area contributed by atoms with Gasteiger partial charge in [0.1, 0.15) is 0 Å². The van der Waals surface area contributed by atoms with Crippen LogP contribution >= 0.6 is 0 Å². The second kappa shape index (κ2) is 7.66. The quantitative estimate of drug-likeness (QED) is 0.708. The lowest BCUT2D eigenvalue weighted by Gasteiger charge is -2.29. The fourth-order valence-electron chi connectivity index (χ4n) is 2.44. The minimum Gasteiger partial charge on any atom is -0.466 e. The first-order chi connectivity index (χ1) is 7.79. The first kappa shape index (κ1) is 13.5. The van der Waals surface area contributed by atoms with Crippen molar-refractivity contribution in [2.24, 2.45) is 11.8 Å². The van der Waals surface area contributed by atoms with Crippen LogP contribution in [0, 0.1) is 11.8 Å². The summed E-state index contributed by atoms with van der Waals surface area (Å²) in [7, 11) is 0. The highest BCUT2D eigenvalue weighted by molar-refractivity contribution is 5.72. The number of esters is 1. The molecule has 1 heterocycles. The Morgan fingerprint density at radius 3 is 2.88 bits per heavy atom. The van der Waals surface area contributed by atoms with E-state index in [0.29, 0.717) is 12.5 Å². The highest BCUT2D eigenvalue weighted by atomic mass is 16.5. The van der Waals surface area contributed by atoms with Crippen LogP contribution in [0.2, 0.25) is 0 Å². The highest BCUT2D eigenvalue weighted by Crippen LogP contribution is 2.26. The van der Waals surface area contributed by atoms with Crippen LogP contribution in [0.5, 0.6) is 0 Å². The summed E-state index contributed by atoms with van der Waals surface area (Å²) < 4.78 is 5.19. The second-order valence-corrected chi connectivity index (χ2v) is 4.61. The molecule has 3 nitrogen and oxygen atoms in total. The van der Waals surface area contributed by atoms with Crippen LogP contribution in [0.3, 0.4) is 0 Å². The second-order valence-electron chi connectivity index (χ2n) is 4.61. The lowest BCUT2D eigenvalue weighted by atomic mass is 9.83. The molecule has 1 rings (SSSR count). The third-order valence-electron chi connectivity index (χ3n) is 3.36. The van der Waals surface area contributed by atoms with Crippen LogP contribution in [-0.2, 0) is 9.53 Å². The molecule has 2 unspecified atom stereocenters. The van der Waals surface area contributed by atoms with Crippen molar-refractivity contribution >= 4 is 5.97 Å². The van der Waals surface area contributed by atoms with Crippen molar-refractivity contribution in [1.82, 2.24) is 5.32 Å². The summed E-state index contributed by atoms with van der Waals surface area (Å²) in [5, 5.41) is 3.38. The van der Waals surface area contributed by atoms with Gasteiger partial charge in [0, 0.05) is 0 Å². The van der Waals surface area contributed by atoms with E-state index in [2.05, 4.69) is 12.2 Å². The molecule has 0 aliphatic carbocycles. The molecule has 0 bridgehead atoms. The molecule has 0 saturated carbocycles. The summed E-state index contributed by atoms with van der Waals surface area (Å²) in [4.78, 5) is 11.9. The zero-order valence-corrected chi connectivity index (χ0v) is 10.6. The van der Waals surface area contributed by atoms with Crippen molar-refractivity contribution in [3.05, 3.63) is 0 Å². The summed E-state index contributed by atoms with van der Waals surface area (Å²) in [6.45, 7) is 6.63. The maximum atomic E-state index is 11.9. The Kier molecular flexibility index (Phi) is 6.46. The summed E-state index contributed by atoms with van der Waals surface area (Å²) in [5.74, 6) is 0.622. The molecule has 1 aliphatic heterocycles. The first-order valence-electron chi connectivity index (χ1n) is 6.66. The van der Waals surface area contributed by atoms with Crippen molar-refractivity contribution in [2.45, 2.75) is 46.0 Å². The minimum absolute atomic E-state index is 0.0182. The van der Waals surface area contributed by atoms with Gasteiger partial charge in [-0.05, 0) is 45.2 Å². The van der Waals surface area contributed by atoms with Crippen molar-refractivity contribution in [3.8, 4) is 0 Å². The van der Waals surface area contributed by atoms with Gasteiger partial charge in [-0.1, -0.05) is 19.8 Å². The molecule has 16 heavy (non-hydrogen) atoms. The van der Waals surface area contributed by atoms with Crippen LogP contribution in [0.25, 0.3) is 0 Å². The Hall–Kier alpha value is -0.570. The molecule has 3 heteroatoms. The predicted molar refractivity (Wildman–Crippen MR) is 65.2 cm³/mol.